The third kappa shape index (κ3) is 4.14. The summed E-state index contributed by atoms with van der Waals surface area (Å²) in [7, 11) is 0. The van der Waals surface area contributed by atoms with E-state index in [0.29, 0.717) is 11.7 Å². The molecular formula is C33H28FN3O. The Balaban J connectivity index is 1.26. The van der Waals surface area contributed by atoms with Gasteiger partial charge in [0.05, 0.1) is 17.3 Å². The van der Waals surface area contributed by atoms with Crippen molar-refractivity contribution in [3.05, 3.63) is 96.8 Å². The number of hydrogen-bond donors (Lipinski definition) is 2. The molecule has 5 heteroatoms. The van der Waals surface area contributed by atoms with Gasteiger partial charge in [0.25, 0.3) is 0 Å². The van der Waals surface area contributed by atoms with Gasteiger partial charge in [0.15, 0.2) is 0 Å². The molecule has 4 aromatic carbocycles. The number of aromatic nitrogens is 3. The fourth-order valence-electron chi connectivity index (χ4n) is 5.72. The maximum absolute atomic E-state index is 14.6. The number of ether oxygens (including phenoxy) is 1. The normalized spacial score (nSPS) is 14.3. The smallest absolute Gasteiger partial charge is 0.131 e. The number of hydrogen-bond acceptors (Lipinski definition) is 2. The van der Waals surface area contributed by atoms with Gasteiger partial charge in [0.2, 0.25) is 0 Å². The lowest BCUT2D eigenvalue weighted by molar-refractivity contribution is 0.155. The van der Waals surface area contributed by atoms with Crippen molar-refractivity contribution >= 4 is 21.8 Å². The largest absolute Gasteiger partial charge is 0.490 e. The topological polar surface area (TPSA) is 53.7 Å². The van der Waals surface area contributed by atoms with E-state index >= 15 is 0 Å². The molecular weight excluding hydrogens is 473 g/mol. The van der Waals surface area contributed by atoms with Gasteiger partial charge in [-0.15, -0.1) is 0 Å². The molecule has 1 fully saturated rings. The monoisotopic (exact) mass is 501 g/mol. The van der Waals surface area contributed by atoms with Crippen LogP contribution in [0.5, 0.6) is 5.75 Å². The maximum atomic E-state index is 14.6. The molecule has 2 N–H and O–H groups in total. The Morgan fingerprint density at radius 2 is 1.53 bits per heavy atom. The number of rotatable bonds is 5. The highest BCUT2D eigenvalue weighted by molar-refractivity contribution is 6.02. The minimum atomic E-state index is -0.229. The zero-order valence-corrected chi connectivity index (χ0v) is 21.0. The summed E-state index contributed by atoms with van der Waals surface area (Å²) in [6.45, 7) is 0. The zero-order valence-electron chi connectivity index (χ0n) is 21.0. The first kappa shape index (κ1) is 22.8. The van der Waals surface area contributed by atoms with Gasteiger partial charge in [-0.3, -0.25) is 5.10 Å². The summed E-state index contributed by atoms with van der Waals surface area (Å²) < 4.78 is 20.9. The first-order valence-corrected chi connectivity index (χ1v) is 13.4. The van der Waals surface area contributed by atoms with E-state index in [-0.39, 0.29) is 5.82 Å². The van der Waals surface area contributed by atoms with Crippen LogP contribution in [0.1, 0.15) is 32.1 Å². The highest BCUT2D eigenvalue weighted by Gasteiger charge is 2.17. The fraction of sp³-hybridized carbons (Fsp3) is 0.182. The average Bonchev–Trinajstić information content (AvgIpc) is 3.58. The minimum absolute atomic E-state index is 0.229. The van der Waals surface area contributed by atoms with E-state index in [1.54, 1.807) is 6.07 Å². The van der Waals surface area contributed by atoms with Crippen molar-refractivity contribution < 1.29 is 9.13 Å². The molecule has 0 aliphatic heterocycles. The Morgan fingerprint density at radius 1 is 0.711 bits per heavy atom. The lowest BCUT2D eigenvalue weighted by Gasteiger charge is -2.23. The third-order valence-corrected chi connectivity index (χ3v) is 7.67. The Kier molecular flexibility index (Phi) is 5.69. The quantitative estimate of drug-likeness (QED) is 0.248. The van der Waals surface area contributed by atoms with Crippen LogP contribution in [-0.2, 0) is 0 Å². The highest BCUT2D eigenvalue weighted by atomic mass is 19.1. The SMILES string of the molecule is Fc1ccccc1-c1cccc2[nH]c(-c3n[nH]c4ccc(-c5cccc(OC6CCCCC6)c5)cc34)cc12. The van der Waals surface area contributed by atoms with Gasteiger partial charge in [0.1, 0.15) is 17.3 Å². The second kappa shape index (κ2) is 9.49. The molecule has 4 nitrogen and oxygen atoms in total. The third-order valence-electron chi connectivity index (χ3n) is 7.67. The van der Waals surface area contributed by atoms with E-state index in [0.717, 1.165) is 68.5 Å². The van der Waals surface area contributed by atoms with Gasteiger partial charge in [0, 0.05) is 21.9 Å². The van der Waals surface area contributed by atoms with E-state index in [4.69, 9.17) is 4.74 Å². The lowest BCUT2D eigenvalue weighted by atomic mass is 9.97. The number of nitrogens with one attached hydrogen (secondary N) is 2. The molecule has 188 valence electrons. The molecule has 1 aliphatic carbocycles. The van der Waals surface area contributed by atoms with Crippen LogP contribution in [0.3, 0.4) is 0 Å². The van der Waals surface area contributed by atoms with E-state index in [9.17, 15) is 4.39 Å². The van der Waals surface area contributed by atoms with Gasteiger partial charge in [-0.05, 0) is 84.8 Å². The lowest BCUT2D eigenvalue weighted by Crippen LogP contribution is -2.19. The molecule has 0 amide bonds. The van der Waals surface area contributed by atoms with E-state index in [1.165, 1.54) is 25.3 Å². The van der Waals surface area contributed by atoms with Gasteiger partial charge >= 0.3 is 0 Å². The van der Waals surface area contributed by atoms with Crippen molar-refractivity contribution in [1.29, 1.82) is 0 Å². The van der Waals surface area contributed by atoms with Crippen LogP contribution in [0.15, 0.2) is 91.0 Å². The van der Waals surface area contributed by atoms with E-state index < -0.39 is 0 Å². The summed E-state index contributed by atoms with van der Waals surface area (Å²) >= 11 is 0. The predicted octanol–water partition coefficient (Wildman–Crippen LogP) is 8.90. The second-order valence-electron chi connectivity index (χ2n) is 10.2. The summed E-state index contributed by atoms with van der Waals surface area (Å²) in [4.78, 5) is 3.51. The van der Waals surface area contributed by atoms with Crippen molar-refractivity contribution in [2.24, 2.45) is 0 Å². The standard InChI is InChI=1S/C33H28FN3O/c34-29-14-5-4-12-26(29)25-13-7-15-30-27(25)20-32(35-30)33-28-19-22(16-17-31(28)36-37-33)21-8-6-11-24(18-21)38-23-9-2-1-3-10-23/h4-8,11-20,23,35H,1-3,9-10H2,(H,36,37). The predicted molar refractivity (Wildman–Crippen MR) is 152 cm³/mol. The van der Waals surface area contributed by atoms with Crippen LogP contribution in [0.2, 0.25) is 0 Å². The molecule has 0 spiro atoms. The second-order valence-corrected chi connectivity index (χ2v) is 10.2. The summed E-state index contributed by atoms with van der Waals surface area (Å²) in [6, 6.07) is 29.6. The summed E-state index contributed by atoms with van der Waals surface area (Å²) in [5.41, 5.74) is 7.32. The van der Waals surface area contributed by atoms with Crippen LogP contribution < -0.4 is 4.74 Å². The van der Waals surface area contributed by atoms with Crippen molar-refractivity contribution in [3.63, 3.8) is 0 Å². The number of H-pyrrole nitrogens is 2. The molecule has 2 heterocycles. The average molecular weight is 502 g/mol. The van der Waals surface area contributed by atoms with Gasteiger partial charge < -0.3 is 9.72 Å². The van der Waals surface area contributed by atoms with Crippen LogP contribution in [0.25, 0.3) is 55.4 Å². The molecule has 0 radical (unpaired) electrons. The summed E-state index contributed by atoms with van der Waals surface area (Å²) in [5, 5.41) is 9.82. The van der Waals surface area contributed by atoms with Crippen molar-refractivity contribution in [1.82, 2.24) is 15.2 Å². The highest BCUT2D eigenvalue weighted by Crippen LogP contribution is 2.36. The first-order chi connectivity index (χ1) is 18.7. The molecule has 1 aliphatic rings. The van der Waals surface area contributed by atoms with Crippen LogP contribution in [0.4, 0.5) is 4.39 Å². The molecule has 2 aromatic heterocycles. The molecule has 1 saturated carbocycles. The summed E-state index contributed by atoms with van der Waals surface area (Å²) in [6.07, 6.45) is 6.40. The molecule has 7 rings (SSSR count). The van der Waals surface area contributed by atoms with Crippen molar-refractivity contribution in [3.8, 4) is 39.4 Å². The van der Waals surface area contributed by atoms with Crippen LogP contribution in [-0.4, -0.2) is 21.3 Å². The van der Waals surface area contributed by atoms with Gasteiger partial charge in [-0.2, -0.15) is 5.10 Å². The number of halogens is 1. The Hall–Kier alpha value is -4.38. The van der Waals surface area contributed by atoms with Gasteiger partial charge in [-0.25, -0.2) is 4.39 Å². The molecule has 6 aromatic rings. The number of benzene rings is 4. The number of aromatic amines is 2. The number of fused-ring (bicyclic) bond motifs is 2. The maximum Gasteiger partial charge on any atom is 0.131 e. The Labute approximate surface area is 220 Å². The van der Waals surface area contributed by atoms with Crippen LogP contribution in [0, 0.1) is 5.82 Å². The minimum Gasteiger partial charge on any atom is -0.490 e. The Bertz CT molecular complexity index is 1760. The first-order valence-electron chi connectivity index (χ1n) is 13.4. The van der Waals surface area contributed by atoms with E-state index in [1.807, 2.05) is 30.3 Å². The summed E-state index contributed by atoms with van der Waals surface area (Å²) in [5.74, 6) is 0.700. The number of nitrogens with zero attached hydrogens (tertiary/aromatic N) is 1. The zero-order chi connectivity index (χ0) is 25.5. The molecule has 0 bridgehead atoms. The van der Waals surface area contributed by atoms with Crippen LogP contribution >= 0.6 is 0 Å². The Morgan fingerprint density at radius 3 is 2.42 bits per heavy atom. The van der Waals surface area contributed by atoms with Crippen molar-refractivity contribution in [2.75, 3.05) is 0 Å². The molecule has 38 heavy (non-hydrogen) atoms. The molecule has 0 unspecified atom stereocenters. The van der Waals surface area contributed by atoms with Gasteiger partial charge in [-0.1, -0.05) is 55.0 Å². The molecule has 0 atom stereocenters. The molecule has 0 saturated heterocycles. The van der Waals surface area contributed by atoms with Crippen molar-refractivity contribution in [2.45, 2.75) is 38.2 Å². The fourth-order valence-corrected chi connectivity index (χ4v) is 5.72. The van der Waals surface area contributed by atoms with E-state index in [2.05, 4.69) is 63.7 Å².